The maximum absolute atomic E-state index is 5.71. The summed E-state index contributed by atoms with van der Waals surface area (Å²) in [5, 5.41) is 2.46. The largest absolute Gasteiger partial charge is 0.493 e. The minimum atomic E-state index is 0.785. The Morgan fingerprint density at radius 1 is 1.13 bits per heavy atom. The molecule has 0 fully saturated rings. The molecule has 78 valence electrons. The van der Waals surface area contributed by atoms with E-state index in [1.54, 1.807) is 0 Å². The highest BCUT2D eigenvalue weighted by Crippen LogP contribution is 2.26. The maximum Gasteiger partial charge on any atom is 0.127 e. The number of benzene rings is 2. The van der Waals surface area contributed by atoms with E-state index in [2.05, 4.69) is 38.1 Å². The topological polar surface area (TPSA) is 9.23 Å². The van der Waals surface area contributed by atoms with E-state index in [-0.39, 0.29) is 0 Å². The van der Waals surface area contributed by atoms with Crippen LogP contribution >= 0.6 is 0 Å². The summed E-state index contributed by atoms with van der Waals surface area (Å²) in [5.41, 5.74) is 1.29. The molecule has 1 heteroatoms. The Kier molecular flexibility index (Phi) is 2.91. The predicted molar refractivity (Wildman–Crippen MR) is 64.5 cm³/mol. The van der Waals surface area contributed by atoms with Gasteiger partial charge in [0.25, 0.3) is 0 Å². The lowest BCUT2D eigenvalue weighted by atomic mass is 10.1. The zero-order chi connectivity index (χ0) is 10.7. The van der Waals surface area contributed by atoms with Crippen molar-refractivity contribution in [1.29, 1.82) is 0 Å². The van der Waals surface area contributed by atoms with Gasteiger partial charge in [-0.25, -0.2) is 0 Å². The van der Waals surface area contributed by atoms with Crippen LogP contribution in [-0.2, 0) is 0 Å². The van der Waals surface area contributed by atoms with Gasteiger partial charge in [-0.1, -0.05) is 42.8 Å². The average Bonchev–Trinajstić information content (AvgIpc) is 2.25. The number of hydrogen-bond acceptors (Lipinski definition) is 1. The van der Waals surface area contributed by atoms with Gasteiger partial charge >= 0.3 is 0 Å². The van der Waals surface area contributed by atoms with Gasteiger partial charge in [0, 0.05) is 5.39 Å². The number of hydrogen-bond donors (Lipinski definition) is 0. The Morgan fingerprint density at radius 3 is 2.80 bits per heavy atom. The van der Waals surface area contributed by atoms with Crippen LogP contribution in [0, 0.1) is 6.92 Å². The van der Waals surface area contributed by atoms with Gasteiger partial charge < -0.3 is 4.74 Å². The monoisotopic (exact) mass is 200 g/mol. The van der Waals surface area contributed by atoms with Crippen molar-refractivity contribution in [3.05, 3.63) is 42.0 Å². The molecule has 0 saturated carbocycles. The zero-order valence-corrected chi connectivity index (χ0v) is 9.29. The average molecular weight is 200 g/mol. The highest BCUT2D eigenvalue weighted by Gasteiger charge is 2.00. The second-order valence-electron chi connectivity index (χ2n) is 3.83. The van der Waals surface area contributed by atoms with E-state index in [1.807, 2.05) is 12.1 Å². The smallest absolute Gasteiger partial charge is 0.127 e. The Hall–Kier alpha value is -1.50. The molecule has 0 aliphatic heterocycles. The van der Waals surface area contributed by atoms with Gasteiger partial charge in [-0.15, -0.1) is 0 Å². The first-order valence-electron chi connectivity index (χ1n) is 5.43. The standard InChI is InChI=1S/C14H16O/c1-3-9-15-14-6-4-5-12-10-11(2)7-8-13(12)14/h4-8,10H,3,9H2,1-2H3. The fraction of sp³-hybridized carbons (Fsp3) is 0.286. The summed E-state index contributed by atoms with van der Waals surface area (Å²) in [6.45, 7) is 5.02. The van der Waals surface area contributed by atoms with Crippen molar-refractivity contribution in [1.82, 2.24) is 0 Å². The molecule has 0 saturated heterocycles. The Bertz CT molecular complexity index is 460. The summed E-state index contributed by atoms with van der Waals surface area (Å²) < 4.78 is 5.71. The van der Waals surface area contributed by atoms with Crippen LogP contribution in [0.1, 0.15) is 18.9 Å². The van der Waals surface area contributed by atoms with Gasteiger partial charge in [-0.05, 0) is 24.8 Å². The highest BCUT2D eigenvalue weighted by molar-refractivity contribution is 5.88. The highest BCUT2D eigenvalue weighted by atomic mass is 16.5. The molecular formula is C14H16O. The third-order valence-electron chi connectivity index (χ3n) is 2.46. The molecule has 0 spiro atoms. The van der Waals surface area contributed by atoms with Gasteiger partial charge in [-0.2, -0.15) is 0 Å². The molecule has 2 rings (SSSR count). The second-order valence-corrected chi connectivity index (χ2v) is 3.83. The van der Waals surface area contributed by atoms with Crippen LogP contribution < -0.4 is 4.74 Å². The van der Waals surface area contributed by atoms with Crippen molar-refractivity contribution in [2.45, 2.75) is 20.3 Å². The van der Waals surface area contributed by atoms with E-state index in [1.165, 1.54) is 16.3 Å². The number of aryl methyl sites for hydroxylation is 1. The third-order valence-corrected chi connectivity index (χ3v) is 2.46. The van der Waals surface area contributed by atoms with E-state index >= 15 is 0 Å². The molecule has 0 bridgehead atoms. The van der Waals surface area contributed by atoms with Crippen LogP contribution in [0.4, 0.5) is 0 Å². The van der Waals surface area contributed by atoms with Gasteiger partial charge in [-0.3, -0.25) is 0 Å². The molecule has 1 nitrogen and oxygen atoms in total. The molecule has 0 aromatic heterocycles. The molecule has 0 aliphatic rings. The summed E-state index contributed by atoms with van der Waals surface area (Å²) in [5.74, 6) is 0.995. The number of ether oxygens (including phenoxy) is 1. The summed E-state index contributed by atoms with van der Waals surface area (Å²) in [6.07, 6.45) is 1.04. The summed E-state index contributed by atoms with van der Waals surface area (Å²) in [6, 6.07) is 12.7. The fourth-order valence-corrected chi connectivity index (χ4v) is 1.71. The lowest BCUT2D eigenvalue weighted by Crippen LogP contribution is -1.95. The first-order valence-corrected chi connectivity index (χ1v) is 5.43. The van der Waals surface area contributed by atoms with Gasteiger partial charge in [0.1, 0.15) is 5.75 Å². The third kappa shape index (κ3) is 2.12. The molecular weight excluding hydrogens is 184 g/mol. The lowest BCUT2D eigenvalue weighted by Gasteiger charge is -2.08. The van der Waals surface area contributed by atoms with Crippen molar-refractivity contribution in [2.75, 3.05) is 6.61 Å². The van der Waals surface area contributed by atoms with E-state index in [0.717, 1.165) is 18.8 Å². The van der Waals surface area contributed by atoms with Crippen LogP contribution in [-0.4, -0.2) is 6.61 Å². The summed E-state index contributed by atoms with van der Waals surface area (Å²) in [7, 11) is 0. The van der Waals surface area contributed by atoms with Crippen molar-refractivity contribution in [3.8, 4) is 5.75 Å². The van der Waals surface area contributed by atoms with E-state index in [9.17, 15) is 0 Å². The molecule has 0 unspecified atom stereocenters. The minimum Gasteiger partial charge on any atom is -0.493 e. The Morgan fingerprint density at radius 2 is 2.00 bits per heavy atom. The normalized spacial score (nSPS) is 10.5. The second kappa shape index (κ2) is 4.35. The van der Waals surface area contributed by atoms with E-state index in [4.69, 9.17) is 4.74 Å². The van der Waals surface area contributed by atoms with E-state index in [0.29, 0.717) is 0 Å². The van der Waals surface area contributed by atoms with Crippen LogP contribution in [0.3, 0.4) is 0 Å². The van der Waals surface area contributed by atoms with Crippen molar-refractivity contribution in [2.24, 2.45) is 0 Å². The molecule has 2 aromatic rings. The molecule has 15 heavy (non-hydrogen) atoms. The lowest BCUT2D eigenvalue weighted by molar-refractivity contribution is 0.321. The van der Waals surface area contributed by atoms with Crippen LogP contribution in [0.15, 0.2) is 36.4 Å². The van der Waals surface area contributed by atoms with Crippen LogP contribution in [0.2, 0.25) is 0 Å². The van der Waals surface area contributed by atoms with Gasteiger partial charge in [0.15, 0.2) is 0 Å². The molecule has 0 aliphatic carbocycles. The van der Waals surface area contributed by atoms with Crippen LogP contribution in [0.25, 0.3) is 10.8 Å². The quantitative estimate of drug-likeness (QED) is 0.729. The molecule has 0 amide bonds. The first-order chi connectivity index (χ1) is 7.31. The van der Waals surface area contributed by atoms with E-state index < -0.39 is 0 Å². The number of rotatable bonds is 3. The molecule has 2 aromatic carbocycles. The first kappa shape index (κ1) is 10.0. The van der Waals surface area contributed by atoms with Gasteiger partial charge in [0.05, 0.1) is 6.61 Å². The van der Waals surface area contributed by atoms with Crippen molar-refractivity contribution < 1.29 is 4.74 Å². The molecule has 0 N–H and O–H groups in total. The SMILES string of the molecule is CCCOc1cccc2cc(C)ccc12. The predicted octanol–water partition coefficient (Wildman–Crippen LogP) is 3.94. The Labute approximate surface area is 90.7 Å². The Balaban J connectivity index is 2.46. The number of fused-ring (bicyclic) bond motifs is 1. The molecule has 0 atom stereocenters. The fourth-order valence-electron chi connectivity index (χ4n) is 1.71. The maximum atomic E-state index is 5.71. The van der Waals surface area contributed by atoms with Crippen molar-refractivity contribution in [3.63, 3.8) is 0 Å². The minimum absolute atomic E-state index is 0.785. The molecule has 0 heterocycles. The van der Waals surface area contributed by atoms with Gasteiger partial charge in [0.2, 0.25) is 0 Å². The summed E-state index contributed by atoms with van der Waals surface area (Å²) >= 11 is 0. The van der Waals surface area contributed by atoms with Crippen molar-refractivity contribution >= 4 is 10.8 Å². The summed E-state index contributed by atoms with van der Waals surface area (Å²) in [4.78, 5) is 0. The molecule has 0 radical (unpaired) electrons. The van der Waals surface area contributed by atoms with Crippen LogP contribution in [0.5, 0.6) is 5.75 Å². The zero-order valence-electron chi connectivity index (χ0n) is 9.29.